The first-order chi connectivity index (χ1) is 15.1. The van der Waals surface area contributed by atoms with Crippen LogP contribution in [0.3, 0.4) is 0 Å². The summed E-state index contributed by atoms with van der Waals surface area (Å²) in [7, 11) is 0. The molecule has 170 valence electrons. The molecule has 1 aromatic rings. The fourth-order valence-corrected chi connectivity index (χ4v) is 4.88. The van der Waals surface area contributed by atoms with Crippen LogP contribution in [0.5, 0.6) is 0 Å². The van der Waals surface area contributed by atoms with Crippen molar-refractivity contribution < 1.29 is 24.2 Å². The number of rotatable bonds is 9. The molecule has 31 heavy (non-hydrogen) atoms. The average Bonchev–Trinajstić information content (AvgIpc) is 3.45. The molecule has 1 aromatic carbocycles. The van der Waals surface area contributed by atoms with Gasteiger partial charge in [-0.1, -0.05) is 30.3 Å². The predicted molar refractivity (Wildman–Crippen MR) is 114 cm³/mol. The van der Waals surface area contributed by atoms with Crippen molar-refractivity contribution >= 4 is 12.0 Å². The zero-order valence-electron chi connectivity index (χ0n) is 17.8. The molecular formula is C23H33N3O5. The van der Waals surface area contributed by atoms with Crippen LogP contribution in [-0.2, 0) is 20.7 Å². The van der Waals surface area contributed by atoms with Crippen LogP contribution in [0.1, 0.15) is 37.7 Å². The molecule has 1 aliphatic carbocycles. The summed E-state index contributed by atoms with van der Waals surface area (Å²) < 4.78 is 11.3. The SMILES string of the molecule is O=C1CC[C@H](CNC[C@@H](O)[C@@H](Cc2ccccc2)NC(=O)O[C@@H]2C[C@@H]3CCO[C@@H]3C2)N1. The molecule has 6 atom stereocenters. The van der Waals surface area contributed by atoms with E-state index in [4.69, 9.17) is 9.47 Å². The van der Waals surface area contributed by atoms with Crippen LogP contribution in [0.2, 0.25) is 0 Å². The van der Waals surface area contributed by atoms with E-state index in [1.165, 1.54) is 0 Å². The van der Waals surface area contributed by atoms with Crippen LogP contribution >= 0.6 is 0 Å². The highest BCUT2D eigenvalue weighted by Gasteiger charge is 2.40. The zero-order chi connectivity index (χ0) is 21.6. The van der Waals surface area contributed by atoms with Gasteiger partial charge in [-0.25, -0.2) is 4.79 Å². The topological polar surface area (TPSA) is 109 Å². The summed E-state index contributed by atoms with van der Waals surface area (Å²) in [6.07, 6.45) is 3.27. The van der Waals surface area contributed by atoms with Crippen molar-refractivity contribution in [3.05, 3.63) is 35.9 Å². The van der Waals surface area contributed by atoms with E-state index in [0.29, 0.717) is 31.8 Å². The summed E-state index contributed by atoms with van der Waals surface area (Å²) >= 11 is 0. The highest BCUT2D eigenvalue weighted by Crippen LogP contribution is 2.37. The van der Waals surface area contributed by atoms with Gasteiger partial charge in [-0.2, -0.15) is 0 Å². The summed E-state index contributed by atoms with van der Waals surface area (Å²) in [4.78, 5) is 23.9. The third-order valence-corrected chi connectivity index (χ3v) is 6.58. The maximum atomic E-state index is 12.6. The van der Waals surface area contributed by atoms with Gasteiger partial charge in [0.1, 0.15) is 6.10 Å². The molecular weight excluding hydrogens is 398 g/mol. The van der Waals surface area contributed by atoms with E-state index in [9.17, 15) is 14.7 Å². The number of fused-ring (bicyclic) bond motifs is 1. The first-order valence-electron chi connectivity index (χ1n) is 11.4. The molecule has 0 bridgehead atoms. The predicted octanol–water partition coefficient (Wildman–Crippen LogP) is 1.12. The molecule has 3 aliphatic rings. The van der Waals surface area contributed by atoms with Gasteiger partial charge in [0.15, 0.2) is 0 Å². The van der Waals surface area contributed by atoms with Crippen LogP contribution in [0, 0.1) is 5.92 Å². The molecule has 0 radical (unpaired) electrons. The van der Waals surface area contributed by atoms with Crippen molar-refractivity contribution in [1.29, 1.82) is 0 Å². The average molecular weight is 432 g/mol. The number of aliphatic hydroxyl groups is 1. The van der Waals surface area contributed by atoms with E-state index in [-0.39, 0.29) is 24.2 Å². The van der Waals surface area contributed by atoms with Gasteiger partial charge in [0.25, 0.3) is 0 Å². The fraction of sp³-hybridized carbons (Fsp3) is 0.652. The molecule has 0 unspecified atom stereocenters. The number of benzene rings is 1. The lowest BCUT2D eigenvalue weighted by molar-refractivity contribution is -0.119. The van der Waals surface area contributed by atoms with Crippen molar-refractivity contribution in [2.45, 2.75) is 68.9 Å². The number of aliphatic hydroxyl groups excluding tert-OH is 1. The smallest absolute Gasteiger partial charge is 0.407 e. The second-order valence-electron chi connectivity index (χ2n) is 8.93. The molecule has 8 heteroatoms. The molecule has 2 saturated heterocycles. The Labute approximate surface area is 183 Å². The maximum Gasteiger partial charge on any atom is 0.407 e. The first kappa shape index (κ1) is 22.0. The maximum absolute atomic E-state index is 12.6. The van der Waals surface area contributed by atoms with E-state index in [2.05, 4.69) is 16.0 Å². The standard InChI is InChI=1S/C23H33N3O5/c27-20(14-24-13-17-6-7-22(28)25-17)19(10-15-4-2-1-3-5-15)26-23(29)31-18-11-16-8-9-30-21(16)12-18/h1-5,16-21,24,27H,6-14H2,(H,25,28)(H,26,29)/t16-,17+,18+,19+,20+,21+/m0/s1. The molecule has 2 heterocycles. The number of ether oxygens (including phenoxy) is 2. The van der Waals surface area contributed by atoms with Gasteiger partial charge in [0.2, 0.25) is 5.91 Å². The molecule has 1 saturated carbocycles. The monoisotopic (exact) mass is 431 g/mol. The second-order valence-corrected chi connectivity index (χ2v) is 8.93. The third kappa shape index (κ3) is 6.18. The quantitative estimate of drug-likeness (QED) is 0.467. The van der Waals surface area contributed by atoms with E-state index in [1.54, 1.807) is 0 Å². The number of nitrogens with one attached hydrogen (secondary N) is 3. The highest BCUT2D eigenvalue weighted by atomic mass is 16.6. The molecule has 3 fully saturated rings. The minimum Gasteiger partial charge on any atom is -0.446 e. The van der Waals surface area contributed by atoms with Gasteiger partial charge >= 0.3 is 6.09 Å². The van der Waals surface area contributed by atoms with Gasteiger partial charge in [-0.05, 0) is 37.2 Å². The molecule has 0 spiro atoms. The largest absolute Gasteiger partial charge is 0.446 e. The first-order valence-corrected chi connectivity index (χ1v) is 11.4. The summed E-state index contributed by atoms with van der Waals surface area (Å²) in [6.45, 7) is 1.71. The van der Waals surface area contributed by atoms with Crippen LogP contribution in [0.4, 0.5) is 4.79 Å². The Morgan fingerprint density at radius 2 is 2.10 bits per heavy atom. The van der Waals surface area contributed by atoms with Crippen molar-refractivity contribution in [2.24, 2.45) is 5.92 Å². The van der Waals surface area contributed by atoms with E-state index in [0.717, 1.165) is 37.9 Å². The molecule has 2 amide bonds. The molecule has 2 aliphatic heterocycles. The Balaban J connectivity index is 1.28. The van der Waals surface area contributed by atoms with Crippen molar-refractivity contribution in [1.82, 2.24) is 16.0 Å². The molecule has 4 N–H and O–H groups in total. The minimum absolute atomic E-state index is 0.0696. The Morgan fingerprint density at radius 3 is 2.84 bits per heavy atom. The zero-order valence-corrected chi connectivity index (χ0v) is 17.8. The molecule has 0 aromatic heterocycles. The third-order valence-electron chi connectivity index (χ3n) is 6.58. The number of amides is 2. The van der Waals surface area contributed by atoms with Gasteiger partial charge in [-0.3, -0.25) is 4.79 Å². The van der Waals surface area contributed by atoms with Crippen LogP contribution in [0.15, 0.2) is 30.3 Å². The van der Waals surface area contributed by atoms with Gasteiger partial charge in [0, 0.05) is 38.6 Å². The van der Waals surface area contributed by atoms with E-state index in [1.807, 2.05) is 30.3 Å². The van der Waals surface area contributed by atoms with Crippen LogP contribution in [-0.4, -0.2) is 67.2 Å². The van der Waals surface area contributed by atoms with Crippen molar-refractivity contribution in [3.8, 4) is 0 Å². The number of hydrogen-bond donors (Lipinski definition) is 4. The van der Waals surface area contributed by atoms with Crippen molar-refractivity contribution in [2.75, 3.05) is 19.7 Å². The molecule has 4 rings (SSSR count). The minimum atomic E-state index is -0.795. The van der Waals surface area contributed by atoms with Crippen molar-refractivity contribution in [3.63, 3.8) is 0 Å². The Hall–Kier alpha value is -2.16. The highest BCUT2D eigenvalue weighted by molar-refractivity contribution is 5.78. The van der Waals surface area contributed by atoms with Gasteiger partial charge < -0.3 is 30.5 Å². The lowest BCUT2D eigenvalue weighted by atomic mass is 10.0. The summed E-state index contributed by atoms with van der Waals surface area (Å²) in [6, 6.07) is 9.37. The van der Waals surface area contributed by atoms with Crippen LogP contribution < -0.4 is 16.0 Å². The van der Waals surface area contributed by atoms with E-state index < -0.39 is 18.2 Å². The number of carbonyl (C=O) groups is 2. The van der Waals surface area contributed by atoms with Gasteiger partial charge in [0.05, 0.1) is 18.2 Å². The molecule has 8 nitrogen and oxygen atoms in total. The summed E-state index contributed by atoms with van der Waals surface area (Å²) in [5, 5.41) is 19.8. The van der Waals surface area contributed by atoms with Crippen LogP contribution in [0.25, 0.3) is 0 Å². The normalized spacial score (nSPS) is 29.3. The van der Waals surface area contributed by atoms with Gasteiger partial charge in [-0.15, -0.1) is 0 Å². The fourth-order valence-electron chi connectivity index (χ4n) is 4.88. The number of hydrogen-bond acceptors (Lipinski definition) is 6. The lowest BCUT2D eigenvalue weighted by Gasteiger charge is -2.26. The Kier molecular flexibility index (Phi) is 7.42. The number of carbonyl (C=O) groups excluding carboxylic acids is 2. The lowest BCUT2D eigenvalue weighted by Crippen LogP contribution is -2.50. The van der Waals surface area contributed by atoms with E-state index >= 15 is 0 Å². The number of alkyl carbamates (subject to hydrolysis) is 1. The Bertz CT molecular complexity index is 734. The summed E-state index contributed by atoms with van der Waals surface area (Å²) in [5.41, 5.74) is 1.03. The second kappa shape index (κ2) is 10.4. The summed E-state index contributed by atoms with van der Waals surface area (Å²) in [5.74, 6) is 0.559. The Morgan fingerprint density at radius 1 is 1.26 bits per heavy atom.